The topological polar surface area (TPSA) is 51.3 Å². The van der Waals surface area contributed by atoms with E-state index < -0.39 is 0 Å². The molecule has 2 unspecified atom stereocenters. The van der Waals surface area contributed by atoms with Crippen LogP contribution in [0.3, 0.4) is 0 Å². The van der Waals surface area contributed by atoms with Gasteiger partial charge < -0.3 is 15.2 Å². The van der Waals surface area contributed by atoms with Crippen molar-refractivity contribution in [1.82, 2.24) is 9.47 Å². The molecule has 1 aliphatic heterocycles. The Morgan fingerprint density at radius 1 is 1.12 bits per heavy atom. The number of aryl methyl sites for hydroxylation is 3. The summed E-state index contributed by atoms with van der Waals surface area (Å²) in [5.41, 5.74) is 12.3. The highest BCUT2D eigenvalue weighted by Gasteiger charge is 2.33. The molecule has 1 aromatic heterocycles. The van der Waals surface area contributed by atoms with E-state index in [1.54, 1.807) is 0 Å². The van der Waals surface area contributed by atoms with Gasteiger partial charge in [-0.05, 0) is 82.8 Å². The van der Waals surface area contributed by atoms with Gasteiger partial charge in [-0.15, -0.1) is 0 Å². The van der Waals surface area contributed by atoms with Gasteiger partial charge in [0.2, 0.25) is 0 Å². The summed E-state index contributed by atoms with van der Waals surface area (Å²) in [6.07, 6.45) is 0.998. The van der Waals surface area contributed by atoms with Crippen molar-refractivity contribution in [3.05, 3.63) is 52.3 Å². The number of rotatable bonds is 3. The zero-order valence-corrected chi connectivity index (χ0v) is 16.0. The lowest BCUT2D eigenvalue weighted by Gasteiger charge is -2.21. The summed E-state index contributed by atoms with van der Waals surface area (Å²) in [6, 6.07) is 8.79. The number of carbonyl (C=O) groups excluding carboxylic acids is 1. The van der Waals surface area contributed by atoms with Crippen molar-refractivity contribution in [1.29, 1.82) is 0 Å². The van der Waals surface area contributed by atoms with E-state index >= 15 is 0 Å². The van der Waals surface area contributed by atoms with Gasteiger partial charge in [0.1, 0.15) is 0 Å². The average Bonchev–Trinajstić information content (AvgIpc) is 3.05. The maximum absolute atomic E-state index is 13.1. The van der Waals surface area contributed by atoms with Crippen LogP contribution in [0.4, 0.5) is 0 Å². The number of hydrogen-bond donors (Lipinski definition) is 1. The second-order valence-electron chi connectivity index (χ2n) is 7.61. The van der Waals surface area contributed by atoms with Crippen LogP contribution in [0.15, 0.2) is 24.3 Å². The molecule has 0 bridgehead atoms. The predicted molar refractivity (Wildman–Crippen MR) is 102 cm³/mol. The average molecular weight is 339 g/mol. The first-order valence-corrected chi connectivity index (χ1v) is 9.10. The fraction of sp³-hybridized carbons (Fsp3) is 0.476. The summed E-state index contributed by atoms with van der Waals surface area (Å²) in [6.45, 7) is 11.9. The SMILES string of the molecule is Cc1cc(C)cc(-n2c(C)cc(C(=O)N3CC(CN)CC3C)c2C)c1. The van der Waals surface area contributed by atoms with E-state index in [2.05, 4.69) is 50.5 Å². The van der Waals surface area contributed by atoms with Crippen molar-refractivity contribution in [2.75, 3.05) is 13.1 Å². The molecule has 1 saturated heterocycles. The second-order valence-corrected chi connectivity index (χ2v) is 7.61. The van der Waals surface area contributed by atoms with Crippen molar-refractivity contribution in [3.8, 4) is 5.69 Å². The van der Waals surface area contributed by atoms with E-state index in [-0.39, 0.29) is 11.9 Å². The summed E-state index contributed by atoms with van der Waals surface area (Å²) < 4.78 is 2.19. The molecule has 0 aliphatic carbocycles. The zero-order chi connectivity index (χ0) is 18.3. The lowest BCUT2D eigenvalue weighted by molar-refractivity contribution is 0.0742. The Kier molecular flexibility index (Phi) is 4.74. The van der Waals surface area contributed by atoms with Gasteiger partial charge in [-0.2, -0.15) is 0 Å². The van der Waals surface area contributed by atoms with Gasteiger partial charge in [0.15, 0.2) is 0 Å². The van der Waals surface area contributed by atoms with Crippen LogP contribution in [0, 0.1) is 33.6 Å². The first-order valence-electron chi connectivity index (χ1n) is 9.10. The third kappa shape index (κ3) is 3.23. The monoisotopic (exact) mass is 339 g/mol. The fourth-order valence-electron chi connectivity index (χ4n) is 4.21. The Morgan fingerprint density at radius 3 is 2.32 bits per heavy atom. The van der Waals surface area contributed by atoms with Gasteiger partial charge in [0, 0.05) is 29.7 Å². The van der Waals surface area contributed by atoms with E-state index in [9.17, 15) is 4.79 Å². The number of carbonyl (C=O) groups is 1. The minimum absolute atomic E-state index is 0.132. The molecule has 2 heterocycles. The van der Waals surface area contributed by atoms with Crippen LogP contribution in [0.5, 0.6) is 0 Å². The number of benzene rings is 1. The molecule has 1 aromatic carbocycles. The Bertz CT molecular complexity index is 785. The van der Waals surface area contributed by atoms with E-state index in [1.165, 1.54) is 11.1 Å². The smallest absolute Gasteiger partial charge is 0.255 e. The van der Waals surface area contributed by atoms with Crippen LogP contribution in [-0.2, 0) is 0 Å². The second kappa shape index (κ2) is 6.68. The highest BCUT2D eigenvalue weighted by Crippen LogP contribution is 2.28. The van der Waals surface area contributed by atoms with Crippen molar-refractivity contribution >= 4 is 5.91 Å². The summed E-state index contributed by atoms with van der Waals surface area (Å²) in [5, 5.41) is 0. The van der Waals surface area contributed by atoms with Crippen molar-refractivity contribution < 1.29 is 4.79 Å². The molecule has 2 aromatic rings. The van der Waals surface area contributed by atoms with E-state index in [0.717, 1.165) is 35.6 Å². The quantitative estimate of drug-likeness (QED) is 0.930. The van der Waals surface area contributed by atoms with Crippen LogP contribution < -0.4 is 5.73 Å². The number of likely N-dealkylation sites (tertiary alicyclic amines) is 1. The first kappa shape index (κ1) is 17.7. The number of nitrogens with zero attached hydrogens (tertiary/aromatic N) is 2. The van der Waals surface area contributed by atoms with Crippen molar-refractivity contribution in [2.24, 2.45) is 11.7 Å². The minimum atomic E-state index is 0.132. The lowest BCUT2D eigenvalue weighted by Crippen LogP contribution is -2.34. The minimum Gasteiger partial charge on any atom is -0.336 e. The molecule has 1 amide bonds. The molecule has 1 fully saturated rings. The summed E-state index contributed by atoms with van der Waals surface area (Å²) in [7, 11) is 0. The Hall–Kier alpha value is -2.07. The molecule has 4 heteroatoms. The van der Waals surface area contributed by atoms with E-state index in [1.807, 2.05) is 17.9 Å². The first-order chi connectivity index (χ1) is 11.8. The number of hydrogen-bond acceptors (Lipinski definition) is 2. The van der Waals surface area contributed by atoms with E-state index in [0.29, 0.717) is 12.5 Å². The van der Waals surface area contributed by atoms with Gasteiger partial charge in [-0.25, -0.2) is 0 Å². The van der Waals surface area contributed by atoms with Gasteiger partial charge >= 0.3 is 0 Å². The fourth-order valence-corrected chi connectivity index (χ4v) is 4.21. The van der Waals surface area contributed by atoms with Gasteiger partial charge in [0.25, 0.3) is 5.91 Å². The number of amides is 1. The molecule has 4 nitrogen and oxygen atoms in total. The number of aromatic nitrogens is 1. The normalized spacial score (nSPS) is 20.3. The molecular weight excluding hydrogens is 310 g/mol. The van der Waals surface area contributed by atoms with Crippen LogP contribution in [-0.4, -0.2) is 34.5 Å². The molecule has 0 spiro atoms. The summed E-state index contributed by atoms with van der Waals surface area (Å²) in [4.78, 5) is 15.1. The maximum atomic E-state index is 13.1. The molecule has 3 rings (SSSR count). The molecule has 25 heavy (non-hydrogen) atoms. The van der Waals surface area contributed by atoms with Gasteiger partial charge in [-0.3, -0.25) is 4.79 Å². The predicted octanol–water partition coefficient (Wildman–Crippen LogP) is 3.52. The molecule has 134 valence electrons. The Morgan fingerprint density at radius 2 is 1.76 bits per heavy atom. The Balaban J connectivity index is 1.98. The van der Waals surface area contributed by atoms with Gasteiger partial charge in [0.05, 0.1) is 5.56 Å². The highest BCUT2D eigenvalue weighted by molar-refractivity contribution is 5.96. The van der Waals surface area contributed by atoms with Crippen LogP contribution in [0.25, 0.3) is 5.69 Å². The molecule has 0 radical (unpaired) electrons. The third-order valence-electron chi connectivity index (χ3n) is 5.38. The molecule has 1 aliphatic rings. The summed E-state index contributed by atoms with van der Waals surface area (Å²) >= 11 is 0. The van der Waals surface area contributed by atoms with Crippen LogP contribution in [0.2, 0.25) is 0 Å². The number of nitrogens with two attached hydrogens (primary N) is 1. The van der Waals surface area contributed by atoms with Crippen molar-refractivity contribution in [3.63, 3.8) is 0 Å². The zero-order valence-electron chi connectivity index (χ0n) is 16.0. The standard InChI is InChI=1S/C21H29N3O/c1-13-6-14(2)8-19(7-13)24-16(4)10-20(17(24)5)21(25)23-12-18(11-22)9-15(23)3/h6-8,10,15,18H,9,11-12,22H2,1-5H3. The van der Waals surface area contributed by atoms with Crippen LogP contribution in [0.1, 0.15) is 46.2 Å². The molecular formula is C21H29N3O. The highest BCUT2D eigenvalue weighted by atomic mass is 16.2. The molecule has 2 N–H and O–H groups in total. The molecule has 2 atom stereocenters. The summed E-state index contributed by atoms with van der Waals surface area (Å²) in [5.74, 6) is 0.550. The molecule has 0 saturated carbocycles. The van der Waals surface area contributed by atoms with Gasteiger partial charge in [-0.1, -0.05) is 6.07 Å². The lowest BCUT2D eigenvalue weighted by atomic mass is 10.1. The van der Waals surface area contributed by atoms with Crippen molar-refractivity contribution in [2.45, 2.75) is 47.1 Å². The van der Waals surface area contributed by atoms with E-state index in [4.69, 9.17) is 5.73 Å². The largest absolute Gasteiger partial charge is 0.336 e. The Labute approximate surface area is 150 Å². The van der Waals surface area contributed by atoms with Crippen LogP contribution >= 0.6 is 0 Å². The third-order valence-corrected chi connectivity index (χ3v) is 5.38. The maximum Gasteiger partial charge on any atom is 0.255 e.